The van der Waals surface area contributed by atoms with Gasteiger partial charge >= 0.3 is 0 Å². The first-order chi connectivity index (χ1) is 13.4. The Balaban J connectivity index is 1.67. The summed E-state index contributed by atoms with van der Waals surface area (Å²) in [6.07, 6.45) is 2.83. The zero-order valence-corrected chi connectivity index (χ0v) is 16.9. The van der Waals surface area contributed by atoms with Crippen LogP contribution >= 0.6 is 0 Å². The molecule has 1 amide bonds. The molecule has 3 aromatic rings. The van der Waals surface area contributed by atoms with Gasteiger partial charge in [0.05, 0.1) is 23.1 Å². The van der Waals surface area contributed by atoms with Crippen molar-refractivity contribution >= 4 is 22.9 Å². The fraction of sp³-hybridized carbons (Fsp3) is 0.364. The molecule has 6 nitrogen and oxygen atoms in total. The molecular formula is C22H27N5O. The van der Waals surface area contributed by atoms with Gasteiger partial charge in [-0.1, -0.05) is 18.2 Å². The van der Waals surface area contributed by atoms with E-state index in [-0.39, 0.29) is 11.9 Å². The Morgan fingerprint density at radius 3 is 2.61 bits per heavy atom. The van der Waals surface area contributed by atoms with Gasteiger partial charge in [0.15, 0.2) is 5.65 Å². The number of carbonyl (C=O) groups excluding carboxylic acids is 1. The molecule has 1 fully saturated rings. The van der Waals surface area contributed by atoms with Crippen LogP contribution in [-0.4, -0.2) is 27.9 Å². The predicted octanol–water partition coefficient (Wildman–Crippen LogP) is 3.48. The molecule has 1 atom stereocenters. The van der Waals surface area contributed by atoms with Crippen molar-refractivity contribution in [3.05, 3.63) is 58.5 Å². The van der Waals surface area contributed by atoms with Crippen LogP contribution in [0, 0.1) is 27.7 Å². The van der Waals surface area contributed by atoms with Crippen molar-refractivity contribution in [2.45, 2.75) is 46.7 Å². The summed E-state index contributed by atoms with van der Waals surface area (Å²) in [6, 6.07) is 8.23. The minimum absolute atomic E-state index is 0.0146. The van der Waals surface area contributed by atoms with Crippen LogP contribution < -0.4 is 16.0 Å². The van der Waals surface area contributed by atoms with Gasteiger partial charge in [0.2, 0.25) is 5.91 Å². The second-order valence-electron chi connectivity index (χ2n) is 7.63. The van der Waals surface area contributed by atoms with E-state index in [0.29, 0.717) is 6.54 Å². The molecule has 1 aliphatic heterocycles. The highest BCUT2D eigenvalue weighted by molar-refractivity contribution is 5.96. The molecule has 146 valence electrons. The van der Waals surface area contributed by atoms with Crippen molar-refractivity contribution in [2.24, 2.45) is 0 Å². The molecule has 0 bridgehead atoms. The third-order valence-electron chi connectivity index (χ3n) is 5.70. The van der Waals surface area contributed by atoms with Gasteiger partial charge < -0.3 is 20.4 Å². The van der Waals surface area contributed by atoms with Crippen molar-refractivity contribution in [3.63, 3.8) is 0 Å². The second kappa shape index (κ2) is 7.28. The SMILES string of the molecule is Cc1cccc(C)c1CNc1cc(NC(=O)[C@@H]2CCN2)cn2c(C)c(C)nc12. The summed E-state index contributed by atoms with van der Waals surface area (Å²) in [5.41, 5.74) is 8.44. The number of nitrogens with zero attached hydrogens (tertiary/aromatic N) is 2. The molecule has 0 radical (unpaired) electrons. The zero-order valence-electron chi connectivity index (χ0n) is 16.9. The maximum atomic E-state index is 12.4. The van der Waals surface area contributed by atoms with E-state index in [0.717, 1.165) is 41.4 Å². The first-order valence-corrected chi connectivity index (χ1v) is 9.76. The molecule has 0 spiro atoms. The van der Waals surface area contributed by atoms with Crippen molar-refractivity contribution in [1.82, 2.24) is 14.7 Å². The minimum Gasteiger partial charge on any atom is -0.378 e. The molecular weight excluding hydrogens is 350 g/mol. The summed E-state index contributed by atoms with van der Waals surface area (Å²) >= 11 is 0. The molecule has 3 N–H and O–H groups in total. The lowest BCUT2D eigenvalue weighted by atomic mass is 10.0. The second-order valence-corrected chi connectivity index (χ2v) is 7.63. The molecule has 2 aromatic heterocycles. The highest BCUT2D eigenvalue weighted by atomic mass is 16.2. The number of rotatable bonds is 5. The zero-order chi connectivity index (χ0) is 19.8. The average Bonchev–Trinajstić information content (AvgIpc) is 2.88. The molecule has 1 saturated heterocycles. The van der Waals surface area contributed by atoms with Crippen LogP contribution in [0.3, 0.4) is 0 Å². The van der Waals surface area contributed by atoms with E-state index in [4.69, 9.17) is 4.98 Å². The summed E-state index contributed by atoms with van der Waals surface area (Å²) in [7, 11) is 0. The summed E-state index contributed by atoms with van der Waals surface area (Å²) in [5.74, 6) is 0.0146. The number of hydrogen-bond donors (Lipinski definition) is 3. The van der Waals surface area contributed by atoms with Gasteiger partial charge in [-0.3, -0.25) is 4.79 Å². The lowest BCUT2D eigenvalue weighted by Crippen LogP contribution is -2.50. The molecule has 1 aromatic carbocycles. The molecule has 28 heavy (non-hydrogen) atoms. The highest BCUT2D eigenvalue weighted by Crippen LogP contribution is 2.26. The number of fused-ring (bicyclic) bond motifs is 1. The van der Waals surface area contributed by atoms with Crippen LogP contribution in [0.4, 0.5) is 11.4 Å². The maximum absolute atomic E-state index is 12.4. The normalized spacial score (nSPS) is 16.1. The van der Waals surface area contributed by atoms with Crippen LogP contribution in [0.15, 0.2) is 30.5 Å². The summed E-state index contributed by atoms with van der Waals surface area (Å²) in [6.45, 7) is 9.93. The summed E-state index contributed by atoms with van der Waals surface area (Å²) in [4.78, 5) is 17.1. The van der Waals surface area contributed by atoms with E-state index in [1.807, 2.05) is 30.5 Å². The minimum atomic E-state index is -0.0904. The van der Waals surface area contributed by atoms with Crippen molar-refractivity contribution in [3.8, 4) is 0 Å². The van der Waals surface area contributed by atoms with Gasteiger partial charge in [-0.05, 0) is 63.4 Å². The standard InChI is InChI=1S/C22H27N5O/c1-13-6-5-7-14(2)18(13)11-24-20-10-17(26-22(28)19-8-9-23-19)12-27-16(4)15(3)25-21(20)27/h5-7,10,12,19,23-24H,8-9,11H2,1-4H3,(H,26,28)/t19-/m0/s1. The topological polar surface area (TPSA) is 70.5 Å². The van der Waals surface area contributed by atoms with Gasteiger partial charge in [-0.25, -0.2) is 4.98 Å². The average molecular weight is 377 g/mol. The Morgan fingerprint density at radius 1 is 1.25 bits per heavy atom. The number of pyridine rings is 1. The molecule has 4 rings (SSSR count). The Labute approximate surface area is 165 Å². The van der Waals surface area contributed by atoms with Gasteiger partial charge in [0, 0.05) is 18.4 Å². The number of imidazole rings is 1. The number of benzene rings is 1. The van der Waals surface area contributed by atoms with Crippen LogP contribution in [0.1, 0.15) is 34.5 Å². The van der Waals surface area contributed by atoms with Crippen molar-refractivity contribution in [1.29, 1.82) is 0 Å². The van der Waals surface area contributed by atoms with Gasteiger partial charge in [-0.2, -0.15) is 0 Å². The summed E-state index contributed by atoms with van der Waals surface area (Å²) in [5, 5.41) is 9.74. The fourth-order valence-electron chi connectivity index (χ4n) is 3.62. The number of carbonyl (C=O) groups is 1. The van der Waals surface area contributed by atoms with Crippen LogP contribution in [0.5, 0.6) is 0 Å². The van der Waals surface area contributed by atoms with Gasteiger partial charge in [0.1, 0.15) is 0 Å². The number of aromatic nitrogens is 2. The first-order valence-electron chi connectivity index (χ1n) is 9.76. The molecule has 0 aliphatic carbocycles. The molecule has 6 heteroatoms. The van der Waals surface area contributed by atoms with Gasteiger partial charge in [-0.15, -0.1) is 0 Å². The van der Waals surface area contributed by atoms with Crippen LogP contribution in [-0.2, 0) is 11.3 Å². The van der Waals surface area contributed by atoms with Crippen LogP contribution in [0.2, 0.25) is 0 Å². The molecule has 3 heterocycles. The number of hydrogen-bond acceptors (Lipinski definition) is 4. The van der Waals surface area contributed by atoms with E-state index in [2.05, 4.69) is 48.0 Å². The maximum Gasteiger partial charge on any atom is 0.241 e. The fourth-order valence-corrected chi connectivity index (χ4v) is 3.62. The number of amides is 1. The Bertz CT molecular complexity index is 1030. The van der Waals surface area contributed by atoms with E-state index >= 15 is 0 Å². The monoisotopic (exact) mass is 377 g/mol. The quantitative estimate of drug-likeness (QED) is 0.637. The molecule has 0 saturated carbocycles. The van der Waals surface area contributed by atoms with Gasteiger partial charge in [0.25, 0.3) is 0 Å². The number of anilines is 2. The Morgan fingerprint density at radius 2 is 1.96 bits per heavy atom. The molecule has 0 unspecified atom stereocenters. The predicted molar refractivity (Wildman–Crippen MR) is 113 cm³/mol. The van der Waals surface area contributed by atoms with E-state index in [1.165, 1.54) is 16.7 Å². The highest BCUT2D eigenvalue weighted by Gasteiger charge is 2.24. The van der Waals surface area contributed by atoms with Crippen molar-refractivity contribution in [2.75, 3.05) is 17.2 Å². The molecule has 1 aliphatic rings. The third-order valence-corrected chi connectivity index (χ3v) is 5.70. The Hall–Kier alpha value is -2.86. The first kappa shape index (κ1) is 18.5. The van der Waals surface area contributed by atoms with E-state index in [9.17, 15) is 4.79 Å². The largest absolute Gasteiger partial charge is 0.378 e. The summed E-state index contributed by atoms with van der Waals surface area (Å²) < 4.78 is 2.05. The number of aryl methyl sites for hydroxylation is 4. The van der Waals surface area contributed by atoms with Crippen molar-refractivity contribution < 1.29 is 4.79 Å². The third kappa shape index (κ3) is 3.36. The van der Waals surface area contributed by atoms with Crippen LogP contribution in [0.25, 0.3) is 5.65 Å². The Kier molecular flexibility index (Phi) is 4.81. The number of nitrogens with one attached hydrogen (secondary N) is 3. The lowest BCUT2D eigenvalue weighted by Gasteiger charge is -2.26. The lowest BCUT2D eigenvalue weighted by molar-refractivity contribution is -0.119. The smallest absolute Gasteiger partial charge is 0.241 e. The van der Waals surface area contributed by atoms with E-state index in [1.54, 1.807) is 0 Å². The van der Waals surface area contributed by atoms with E-state index < -0.39 is 0 Å².